The van der Waals surface area contributed by atoms with Crippen LogP contribution in [0.25, 0.3) is 0 Å². The predicted molar refractivity (Wildman–Crippen MR) is 66.2 cm³/mol. The monoisotopic (exact) mass is 219 g/mol. The van der Waals surface area contributed by atoms with E-state index < -0.39 is 0 Å². The fourth-order valence-corrected chi connectivity index (χ4v) is 2.45. The summed E-state index contributed by atoms with van der Waals surface area (Å²) in [5, 5.41) is 10.2. The van der Waals surface area contributed by atoms with E-state index >= 15 is 0 Å². The summed E-state index contributed by atoms with van der Waals surface area (Å²) in [6.45, 7) is 0.526. The van der Waals surface area contributed by atoms with Crippen LogP contribution >= 0.6 is 0 Å². The number of hydrogen-bond donors (Lipinski definition) is 2. The molecule has 16 heavy (non-hydrogen) atoms. The van der Waals surface area contributed by atoms with Crippen molar-refractivity contribution in [2.24, 2.45) is 11.7 Å². The van der Waals surface area contributed by atoms with Gasteiger partial charge in [0, 0.05) is 12.5 Å². The quantitative estimate of drug-likeness (QED) is 0.798. The minimum Gasteiger partial charge on any atom is -0.392 e. The molecule has 1 aliphatic rings. The Kier molecular flexibility index (Phi) is 3.97. The molecule has 0 aliphatic heterocycles. The number of aliphatic hydroxyl groups excluding tert-OH is 1. The van der Waals surface area contributed by atoms with Crippen LogP contribution in [0, 0.1) is 5.92 Å². The van der Waals surface area contributed by atoms with Gasteiger partial charge in [-0.3, -0.25) is 0 Å². The topological polar surface area (TPSA) is 46.2 Å². The Labute approximate surface area is 97.5 Å². The maximum absolute atomic E-state index is 10.2. The second kappa shape index (κ2) is 5.46. The summed E-state index contributed by atoms with van der Waals surface area (Å²) < 4.78 is 0. The molecule has 0 aromatic heterocycles. The lowest BCUT2D eigenvalue weighted by molar-refractivity contribution is 0.0951. The van der Waals surface area contributed by atoms with E-state index in [2.05, 4.69) is 12.1 Å². The molecule has 0 bridgehead atoms. The molecule has 1 saturated carbocycles. The Bertz CT molecular complexity index is 308. The van der Waals surface area contributed by atoms with Crippen LogP contribution in [0.4, 0.5) is 0 Å². The lowest BCUT2D eigenvalue weighted by Crippen LogP contribution is -2.29. The standard InChI is InChI=1S/C14H21NO/c15-10-13(12-7-2-1-3-8-12)14(16)9-11-5-4-6-11/h1-3,7-8,11,13-14,16H,4-6,9-10,15H2. The van der Waals surface area contributed by atoms with Crippen LogP contribution in [-0.4, -0.2) is 17.8 Å². The Balaban J connectivity index is 1.98. The molecule has 3 N–H and O–H groups in total. The molecule has 2 atom stereocenters. The van der Waals surface area contributed by atoms with E-state index in [1.807, 2.05) is 18.2 Å². The molecule has 0 spiro atoms. The highest BCUT2D eigenvalue weighted by Crippen LogP contribution is 2.33. The Hall–Kier alpha value is -0.860. The molecule has 1 fully saturated rings. The normalized spacial score (nSPS) is 20.1. The minimum absolute atomic E-state index is 0.0989. The summed E-state index contributed by atoms with van der Waals surface area (Å²) in [5.74, 6) is 0.828. The van der Waals surface area contributed by atoms with E-state index in [0.717, 1.165) is 17.9 Å². The van der Waals surface area contributed by atoms with Gasteiger partial charge in [0.2, 0.25) is 0 Å². The van der Waals surface area contributed by atoms with E-state index in [1.54, 1.807) is 0 Å². The minimum atomic E-state index is -0.280. The summed E-state index contributed by atoms with van der Waals surface area (Å²) in [5.41, 5.74) is 6.94. The average Bonchev–Trinajstić information content (AvgIpc) is 2.26. The van der Waals surface area contributed by atoms with Crippen molar-refractivity contribution < 1.29 is 5.11 Å². The van der Waals surface area contributed by atoms with Gasteiger partial charge in [0.15, 0.2) is 0 Å². The van der Waals surface area contributed by atoms with Gasteiger partial charge in [-0.1, -0.05) is 49.6 Å². The SMILES string of the molecule is NCC(c1ccccc1)C(O)CC1CCC1. The average molecular weight is 219 g/mol. The van der Waals surface area contributed by atoms with Crippen LogP contribution in [-0.2, 0) is 0 Å². The van der Waals surface area contributed by atoms with Crippen molar-refractivity contribution >= 4 is 0 Å². The maximum Gasteiger partial charge on any atom is 0.0623 e. The van der Waals surface area contributed by atoms with Gasteiger partial charge >= 0.3 is 0 Å². The van der Waals surface area contributed by atoms with Crippen molar-refractivity contribution in [3.8, 4) is 0 Å². The summed E-state index contributed by atoms with van der Waals surface area (Å²) in [6.07, 6.45) is 4.52. The fourth-order valence-electron chi connectivity index (χ4n) is 2.45. The molecule has 2 unspecified atom stereocenters. The van der Waals surface area contributed by atoms with E-state index in [1.165, 1.54) is 19.3 Å². The first-order chi connectivity index (χ1) is 7.81. The van der Waals surface area contributed by atoms with Gasteiger partial charge in [-0.05, 0) is 17.9 Å². The van der Waals surface area contributed by atoms with Gasteiger partial charge in [-0.15, -0.1) is 0 Å². The zero-order valence-corrected chi connectivity index (χ0v) is 9.68. The number of nitrogens with two attached hydrogens (primary N) is 1. The molecule has 0 saturated heterocycles. The van der Waals surface area contributed by atoms with E-state index in [0.29, 0.717) is 6.54 Å². The smallest absolute Gasteiger partial charge is 0.0623 e. The zero-order chi connectivity index (χ0) is 11.4. The van der Waals surface area contributed by atoms with E-state index in [-0.39, 0.29) is 12.0 Å². The third-order valence-corrected chi connectivity index (χ3v) is 3.75. The van der Waals surface area contributed by atoms with Crippen molar-refractivity contribution in [2.45, 2.75) is 37.7 Å². The van der Waals surface area contributed by atoms with Gasteiger partial charge in [-0.25, -0.2) is 0 Å². The second-order valence-electron chi connectivity index (χ2n) is 4.85. The van der Waals surface area contributed by atoms with Crippen LogP contribution in [0.3, 0.4) is 0 Å². The number of rotatable bonds is 5. The van der Waals surface area contributed by atoms with Crippen molar-refractivity contribution in [1.29, 1.82) is 0 Å². The highest BCUT2D eigenvalue weighted by molar-refractivity contribution is 5.21. The Morgan fingerprint density at radius 2 is 1.94 bits per heavy atom. The maximum atomic E-state index is 10.2. The number of aliphatic hydroxyl groups is 1. The molecular formula is C14H21NO. The van der Waals surface area contributed by atoms with Crippen LogP contribution in [0.1, 0.15) is 37.2 Å². The molecule has 1 aliphatic carbocycles. The molecule has 0 heterocycles. The summed E-state index contributed by atoms with van der Waals surface area (Å²) in [6, 6.07) is 10.1. The fraction of sp³-hybridized carbons (Fsp3) is 0.571. The van der Waals surface area contributed by atoms with Gasteiger partial charge in [0.1, 0.15) is 0 Å². The van der Waals surface area contributed by atoms with Gasteiger partial charge in [0.05, 0.1) is 6.10 Å². The van der Waals surface area contributed by atoms with Crippen LogP contribution < -0.4 is 5.73 Å². The van der Waals surface area contributed by atoms with Crippen molar-refractivity contribution in [3.05, 3.63) is 35.9 Å². The molecule has 2 heteroatoms. The molecule has 2 rings (SSSR count). The Morgan fingerprint density at radius 1 is 1.25 bits per heavy atom. The van der Waals surface area contributed by atoms with Crippen LogP contribution in [0.5, 0.6) is 0 Å². The first-order valence-electron chi connectivity index (χ1n) is 6.24. The second-order valence-corrected chi connectivity index (χ2v) is 4.85. The molecular weight excluding hydrogens is 198 g/mol. The molecule has 1 aromatic rings. The van der Waals surface area contributed by atoms with E-state index in [4.69, 9.17) is 5.73 Å². The molecule has 2 nitrogen and oxygen atoms in total. The molecule has 1 aromatic carbocycles. The lowest BCUT2D eigenvalue weighted by atomic mass is 9.78. The summed E-state index contributed by atoms with van der Waals surface area (Å²) in [4.78, 5) is 0. The zero-order valence-electron chi connectivity index (χ0n) is 9.68. The van der Waals surface area contributed by atoms with Crippen molar-refractivity contribution in [2.75, 3.05) is 6.54 Å². The summed E-state index contributed by atoms with van der Waals surface area (Å²) in [7, 11) is 0. The first-order valence-corrected chi connectivity index (χ1v) is 6.24. The van der Waals surface area contributed by atoms with E-state index in [9.17, 15) is 5.11 Å². The third-order valence-electron chi connectivity index (χ3n) is 3.75. The van der Waals surface area contributed by atoms with Gasteiger partial charge in [0.25, 0.3) is 0 Å². The molecule has 88 valence electrons. The Morgan fingerprint density at radius 3 is 2.44 bits per heavy atom. The predicted octanol–water partition coefficient (Wildman–Crippen LogP) is 2.28. The highest BCUT2D eigenvalue weighted by atomic mass is 16.3. The van der Waals surface area contributed by atoms with Gasteiger partial charge in [-0.2, -0.15) is 0 Å². The highest BCUT2D eigenvalue weighted by Gasteiger charge is 2.26. The van der Waals surface area contributed by atoms with Gasteiger partial charge < -0.3 is 10.8 Å². The van der Waals surface area contributed by atoms with Crippen LogP contribution in [0.2, 0.25) is 0 Å². The van der Waals surface area contributed by atoms with Crippen LogP contribution in [0.15, 0.2) is 30.3 Å². The number of hydrogen-bond acceptors (Lipinski definition) is 2. The van der Waals surface area contributed by atoms with Crippen molar-refractivity contribution in [3.63, 3.8) is 0 Å². The largest absolute Gasteiger partial charge is 0.392 e. The number of benzene rings is 1. The lowest BCUT2D eigenvalue weighted by Gasteiger charge is -2.31. The molecule has 0 amide bonds. The molecule has 0 radical (unpaired) electrons. The first kappa shape index (κ1) is 11.6. The summed E-state index contributed by atoms with van der Waals surface area (Å²) >= 11 is 0. The van der Waals surface area contributed by atoms with Crippen molar-refractivity contribution in [1.82, 2.24) is 0 Å². The third kappa shape index (κ3) is 2.63.